The molecule has 0 saturated heterocycles. The van der Waals surface area contributed by atoms with Crippen molar-refractivity contribution in [1.82, 2.24) is 4.72 Å². The van der Waals surface area contributed by atoms with Gasteiger partial charge in [0.15, 0.2) is 0 Å². The molecule has 0 aliphatic carbocycles. The van der Waals surface area contributed by atoms with Gasteiger partial charge in [-0.3, -0.25) is 4.79 Å². The Bertz CT molecular complexity index is 428. The van der Waals surface area contributed by atoms with Gasteiger partial charge in [0.1, 0.15) is 0 Å². The molecule has 82 valence electrons. The van der Waals surface area contributed by atoms with Crippen molar-refractivity contribution in [3.63, 3.8) is 0 Å². The summed E-state index contributed by atoms with van der Waals surface area (Å²) in [5.41, 5.74) is 0. The Morgan fingerprint density at radius 3 is 2.47 bits per heavy atom. The highest BCUT2D eigenvalue weighted by Crippen LogP contribution is 2.09. The van der Waals surface area contributed by atoms with Gasteiger partial charge in [-0.1, -0.05) is 36.9 Å². The first-order valence-corrected chi connectivity index (χ1v) is 6.78. The zero-order valence-electron chi connectivity index (χ0n) is 8.14. The van der Waals surface area contributed by atoms with Crippen LogP contribution in [-0.4, -0.2) is 19.4 Å². The van der Waals surface area contributed by atoms with Crippen molar-refractivity contribution in [1.29, 1.82) is 0 Å². The van der Waals surface area contributed by atoms with Crippen molar-refractivity contribution in [2.45, 2.75) is 11.8 Å². The highest BCUT2D eigenvalue weighted by Gasteiger charge is 2.16. The fourth-order valence-electron chi connectivity index (χ4n) is 0.929. The maximum Gasteiger partial charge on any atom is 0.292 e. The van der Waals surface area contributed by atoms with E-state index in [0.717, 1.165) is 11.8 Å². The molecule has 1 amide bonds. The number of carbonyl (C=O) groups is 1. The number of nitrogens with one attached hydrogen (secondary N) is 1. The number of thioether (sulfide) groups is 1. The lowest BCUT2D eigenvalue weighted by molar-refractivity contribution is 0.265. The Morgan fingerprint density at radius 2 is 1.93 bits per heavy atom. The smallest absolute Gasteiger partial charge is 0.261 e. The van der Waals surface area contributed by atoms with Gasteiger partial charge in [0, 0.05) is 0 Å². The van der Waals surface area contributed by atoms with Gasteiger partial charge in [-0.25, -0.2) is 13.1 Å². The number of benzene rings is 1. The SMILES string of the molecule is CCSC(=O)NS(=O)(=O)c1ccccc1. The Balaban J connectivity index is 2.81. The molecular formula is C9H11NO3S2. The van der Waals surface area contributed by atoms with Crippen LogP contribution >= 0.6 is 11.8 Å². The Kier molecular flexibility index (Phi) is 4.16. The minimum atomic E-state index is -3.70. The zero-order valence-corrected chi connectivity index (χ0v) is 9.77. The van der Waals surface area contributed by atoms with E-state index in [9.17, 15) is 13.2 Å². The number of hydrogen-bond acceptors (Lipinski definition) is 4. The molecule has 0 aromatic heterocycles. The maximum atomic E-state index is 11.6. The van der Waals surface area contributed by atoms with Crippen LogP contribution in [0.1, 0.15) is 6.92 Å². The van der Waals surface area contributed by atoms with Crippen molar-refractivity contribution in [2.24, 2.45) is 0 Å². The molecule has 1 aromatic carbocycles. The molecule has 1 N–H and O–H groups in total. The van der Waals surface area contributed by atoms with E-state index in [1.165, 1.54) is 12.1 Å². The van der Waals surface area contributed by atoms with E-state index in [4.69, 9.17) is 0 Å². The van der Waals surface area contributed by atoms with Gasteiger partial charge in [0.05, 0.1) is 4.90 Å². The molecule has 0 spiro atoms. The highest BCUT2D eigenvalue weighted by atomic mass is 32.2. The van der Waals surface area contributed by atoms with Gasteiger partial charge in [-0.2, -0.15) is 0 Å². The molecule has 0 heterocycles. The quantitative estimate of drug-likeness (QED) is 0.882. The average Bonchev–Trinajstić information content (AvgIpc) is 2.18. The summed E-state index contributed by atoms with van der Waals surface area (Å²) < 4.78 is 25.1. The Hall–Kier alpha value is -1.01. The molecule has 0 unspecified atom stereocenters. The fraction of sp³-hybridized carbons (Fsp3) is 0.222. The molecule has 15 heavy (non-hydrogen) atoms. The normalized spacial score (nSPS) is 11.0. The number of rotatable bonds is 3. The van der Waals surface area contributed by atoms with E-state index in [-0.39, 0.29) is 4.90 Å². The predicted octanol–water partition coefficient (Wildman–Crippen LogP) is 1.84. The van der Waals surface area contributed by atoms with E-state index in [1.54, 1.807) is 25.1 Å². The van der Waals surface area contributed by atoms with Gasteiger partial charge in [-0.15, -0.1) is 0 Å². The van der Waals surface area contributed by atoms with Crippen molar-refractivity contribution in [2.75, 3.05) is 5.75 Å². The summed E-state index contributed by atoms with van der Waals surface area (Å²) in [6, 6.07) is 7.79. The Morgan fingerprint density at radius 1 is 1.33 bits per heavy atom. The molecule has 0 saturated carbocycles. The summed E-state index contributed by atoms with van der Waals surface area (Å²) in [6.07, 6.45) is 0. The third kappa shape index (κ3) is 3.56. The lowest BCUT2D eigenvalue weighted by Gasteiger charge is -2.04. The first kappa shape index (κ1) is 12.1. The average molecular weight is 245 g/mol. The standard InChI is InChI=1S/C9H11NO3S2/c1-2-14-9(11)10-15(12,13)8-6-4-3-5-7-8/h3-7H,2H2,1H3,(H,10,11). The monoisotopic (exact) mass is 245 g/mol. The third-order valence-electron chi connectivity index (χ3n) is 1.55. The summed E-state index contributed by atoms with van der Waals surface area (Å²) in [5.74, 6) is 0.538. The van der Waals surface area contributed by atoms with Crippen LogP contribution in [0.4, 0.5) is 4.79 Å². The van der Waals surface area contributed by atoms with Crippen LogP contribution in [0.3, 0.4) is 0 Å². The van der Waals surface area contributed by atoms with Crippen molar-refractivity contribution >= 4 is 27.0 Å². The molecule has 0 radical (unpaired) electrons. The minimum Gasteiger partial charge on any atom is -0.261 e. The largest absolute Gasteiger partial charge is 0.292 e. The van der Waals surface area contributed by atoms with Gasteiger partial charge in [0.25, 0.3) is 15.3 Å². The molecule has 1 rings (SSSR count). The van der Waals surface area contributed by atoms with Gasteiger partial charge < -0.3 is 0 Å². The fourth-order valence-corrected chi connectivity index (χ4v) is 2.61. The van der Waals surface area contributed by atoms with Gasteiger partial charge >= 0.3 is 0 Å². The second-order valence-corrected chi connectivity index (χ2v) is 5.56. The van der Waals surface area contributed by atoms with E-state index in [1.807, 2.05) is 4.72 Å². The lowest BCUT2D eigenvalue weighted by Crippen LogP contribution is -2.27. The summed E-state index contributed by atoms with van der Waals surface area (Å²) in [6.45, 7) is 1.78. The molecule has 4 nitrogen and oxygen atoms in total. The maximum absolute atomic E-state index is 11.6. The van der Waals surface area contributed by atoms with Crippen LogP contribution in [0.15, 0.2) is 35.2 Å². The first-order chi connectivity index (χ1) is 7.06. The van der Waals surface area contributed by atoms with Gasteiger partial charge in [-0.05, 0) is 17.9 Å². The second-order valence-electron chi connectivity index (χ2n) is 2.64. The highest BCUT2D eigenvalue weighted by molar-refractivity contribution is 8.14. The Labute approximate surface area is 93.1 Å². The molecule has 0 bridgehead atoms. The van der Waals surface area contributed by atoms with Crippen LogP contribution in [0.25, 0.3) is 0 Å². The van der Waals surface area contributed by atoms with Crippen LogP contribution < -0.4 is 4.72 Å². The number of sulfonamides is 1. The van der Waals surface area contributed by atoms with E-state index in [0.29, 0.717) is 5.75 Å². The van der Waals surface area contributed by atoms with Crippen molar-refractivity contribution in [3.05, 3.63) is 30.3 Å². The first-order valence-electron chi connectivity index (χ1n) is 4.31. The number of hydrogen-bond donors (Lipinski definition) is 1. The summed E-state index contributed by atoms with van der Waals surface area (Å²) in [5, 5.41) is -0.554. The van der Waals surface area contributed by atoms with Crippen LogP contribution in [0.5, 0.6) is 0 Å². The molecular weight excluding hydrogens is 234 g/mol. The lowest BCUT2D eigenvalue weighted by atomic mass is 10.4. The second kappa shape index (κ2) is 5.18. The molecule has 1 aromatic rings. The minimum absolute atomic E-state index is 0.0926. The molecule has 0 atom stereocenters. The third-order valence-corrected chi connectivity index (χ3v) is 3.68. The number of amides is 1. The van der Waals surface area contributed by atoms with Crippen LogP contribution in [-0.2, 0) is 10.0 Å². The summed E-state index contributed by atoms with van der Waals surface area (Å²) in [4.78, 5) is 11.2. The van der Waals surface area contributed by atoms with E-state index < -0.39 is 15.3 Å². The van der Waals surface area contributed by atoms with Crippen LogP contribution in [0.2, 0.25) is 0 Å². The van der Waals surface area contributed by atoms with Gasteiger partial charge in [0.2, 0.25) is 0 Å². The van der Waals surface area contributed by atoms with E-state index >= 15 is 0 Å². The molecule has 0 aliphatic heterocycles. The summed E-state index contributed by atoms with van der Waals surface area (Å²) in [7, 11) is -3.70. The van der Waals surface area contributed by atoms with Crippen molar-refractivity contribution < 1.29 is 13.2 Å². The molecule has 0 fully saturated rings. The summed E-state index contributed by atoms with van der Waals surface area (Å²) >= 11 is 0.924. The van der Waals surface area contributed by atoms with E-state index in [2.05, 4.69) is 0 Å². The predicted molar refractivity (Wildman–Crippen MR) is 60.3 cm³/mol. The van der Waals surface area contributed by atoms with Crippen LogP contribution in [0, 0.1) is 0 Å². The van der Waals surface area contributed by atoms with Crippen molar-refractivity contribution in [3.8, 4) is 0 Å². The zero-order chi connectivity index (χ0) is 11.3. The topological polar surface area (TPSA) is 63.2 Å². The number of carbonyl (C=O) groups excluding carboxylic acids is 1. The molecule has 0 aliphatic rings. The molecule has 6 heteroatoms.